The van der Waals surface area contributed by atoms with Gasteiger partial charge < -0.3 is 15.0 Å². The molecule has 0 radical (unpaired) electrons. The summed E-state index contributed by atoms with van der Waals surface area (Å²) in [6, 6.07) is 8.25. The Balaban J connectivity index is 2.62. The predicted molar refractivity (Wildman–Crippen MR) is 96.8 cm³/mol. The lowest BCUT2D eigenvalue weighted by atomic mass is 10.1. The fourth-order valence-corrected chi connectivity index (χ4v) is 2.24. The first-order valence-electron chi connectivity index (χ1n) is 8.66. The molecule has 1 rings (SSSR count). The van der Waals surface area contributed by atoms with Gasteiger partial charge in [-0.05, 0) is 51.8 Å². The minimum absolute atomic E-state index is 0.263. The summed E-state index contributed by atoms with van der Waals surface area (Å²) in [5, 5.41) is 3.44. The molecule has 1 N–H and O–H groups in total. The van der Waals surface area contributed by atoms with Gasteiger partial charge >= 0.3 is 6.09 Å². The SMILES string of the molecule is CCCCCNc1cccc(CN(CC)C(=O)OC(C)(C)C)c1. The maximum absolute atomic E-state index is 12.2. The Bertz CT molecular complexity index is 481. The van der Waals surface area contributed by atoms with Crippen molar-refractivity contribution in [1.29, 1.82) is 0 Å². The molecule has 0 atom stereocenters. The van der Waals surface area contributed by atoms with E-state index < -0.39 is 5.60 Å². The Morgan fingerprint density at radius 3 is 2.57 bits per heavy atom. The third-order valence-corrected chi connectivity index (χ3v) is 3.44. The summed E-state index contributed by atoms with van der Waals surface area (Å²) >= 11 is 0. The molecule has 0 aliphatic heterocycles. The number of unbranched alkanes of at least 4 members (excludes halogenated alkanes) is 2. The van der Waals surface area contributed by atoms with Crippen molar-refractivity contribution in [2.75, 3.05) is 18.4 Å². The number of carbonyl (C=O) groups excluding carboxylic acids is 1. The second-order valence-corrected chi connectivity index (χ2v) is 6.83. The Kier molecular flexibility index (Phi) is 7.93. The van der Waals surface area contributed by atoms with Crippen molar-refractivity contribution < 1.29 is 9.53 Å². The monoisotopic (exact) mass is 320 g/mol. The third-order valence-electron chi connectivity index (χ3n) is 3.44. The van der Waals surface area contributed by atoms with Crippen LogP contribution in [-0.2, 0) is 11.3 Å². The van der Waals surface area contributed by atoms with Crippen molar-refractivity contribution in [3.8, 4) is 0 Å². The minimum atomic E-state index is -0.465. The second-order valence-electron chi connectivity index (χ2n) is 6.83. The zero-order valence-electron chi connectivity index (χ0n) is 15.3. The third kappa shape index (κ3) is 7.91. The van der Waals surface area contributed by atoms with E-state index in [1.165, 1.54) is 19.3 Å². The lowest BCUT2D eigenvalue weighted by Crippen LogP contribution is -2.36. The van der Waals surface area contributed by atoms with Crippen molar-refractivity contribution in [1.82, 2.24) is 4.90 Å². The molecule has 0 aliphatic carbocycles. The van der Waals surface area contributed by atoms with Gasteiger partial charge in [0.15, 0.2) is 0 Å². The number of anilines is 1. The van der Waals surface area contributed by atoms with Crippen LogP contribution in [0.15, 0.2) is 24.3 Å². The number of carbonyl (C=O) groups is 1. The van der Waals surface area contributed by atoms with Gasteiger partial charge in [-0.3, -0.25) is 0 Å². The van der Waals surface area contributed by atoms with Gasteiger partial charge in [0, 0.05) is 25.3 Å². The van der Waals surface area contributed by atoms with Crippen LogP contribution >= 0.6 is 0 Å². The van der Waals surface area contributed by atoms with Crippen molar-refractivity contribution in [2.45, 2.75) is 66.0 Å². The highest BCUT2D eigenvalue weighted by atomic mass is 16.6. The van der Waals surface area contributed by atoms with Gasteiger partial charge in [0.05, 0.1) is 0 Å². The van der Waals surface area contributed by atoms with Crippen LogP contribution in [0.4, 0.5) is 10.5 Å². The molecule has 4 nitrogen and oxygen atoms in total. The molecule has 0 heterocycles. The molecular formula is C19H32N2O2. The van der Waals surface area contributed by atoms with Gasteiger partial charge in [-0.1, -0.05) is 31.9 Å². The first-order chi connectivity index (χ1) is 10.9. The summed E-state index contributed by atoms with van der Waals surface area (Å²) in [6.45, 7) is 12.0. The Morgan fingerprint density at radius 1 is 1.22 bits per heavy atom. The van der Waals surface area contributed by atoms with Crippen LogP contribution in [-0.4, -0.2) is 29.7 Å². The van der Waals surface area contributed by atoms with E-state index in [4.69, 9.17) is 4.74 Å². The van der Waals surface area contributed by atoms with E-state index in [-0.39, 0.29) is 6.09 Å². The maximum Gasteiger partial charge on any atom is 0.410 e. The van der Waals surface area contributed by atoms with Gasteiger partial charge in [0.25, 0.3) is 0 Å². The maximum atomic E-state index is 12.2. The van der Waals surface area contributed by atoms with Crippen LogP contribution in [0.2, 0.25) is 0 Å². The topological polar surface area (TPSA) is 41.6 Å². The van der Waals surface area contributed by atoms with Crippen molar-refractivity contribution in [3.05, 3.63) is 29.8 Å². The van der Waals surface area contributed by atoms with Crippen LogP contribution in [0.25, 0.3) is 0 Å². The molecule has 23 heavy (non-hydrogen) atoms. The van der Waals surface area contributed by atoms with Gasteiger partial charge in [0.1, 0.15) is 5.60 Å². The number of nitrogens with one attached hydrogen (secondary N) is 1. The van der Waals surface area contributed by atoms with E-state index in [9.17, 15) is 4.79 Å². The number of nitrogens with zero attached hydrogens (tertiary/aromatic N) is 1. The molecule has 130 valence electrons. The van der Waals surface area contributed by atoms with Gasteiger partial charge in [-0.2, -0.15) is 0 Å². The average molecular weight is 320 g/mol. The first kappa shape index (κ1) is 19.3. The van der Waals surface area contributed by atoms with Gasteiger partial charge in [-0.15, -0.1) is 0 Å². The molecule has 4 heteroatoms. The van der Waals surface area contributed by atoms with E-state index in [0.29, 0.717) is 13.1 Å². The van der Waals surface area contributed by atoms with Crippen LogP contribution in [0.1, 0.15) is 59.4 Å². The summed E-state index contributed by atoms with van der Waals surface area (Å²) in [7, 11) is 0. The Labute approximate surface area is 141 Å². The van der Waals surface area contributed by atoms with Crippen LogP contribution in [0.5, 0.6) is 0 Å². The van der Waals surface area contributed by atoms with E-state index in [0.717, 1.165) is 17.8 Å². The van der Waals surface area contributed by atoms with E-state index in [1.54, 1.807) is 4.90 Å². The molecule has 0 spiro atoms. The highest BCUT2D eigenvalue weighted by Crippen LogP contribution is 2.15. The van der Waals surface area contributed by atoms with E-state index in [2.05, 4.69) is 24.4 Å². The molecule has 0 fully saturated rings. The van der Waals surface area contributed by atoms with Crippen molar-refractivity contribution >= 4 is 11.8 Å². The average Bonchev–Trinajstić information content (AvgIpc) is 2.48. The summed E-state index contributed by atoms with van der Waals surface area (Å²) in [6.07, 6.45) is 3.39. The summed E-state index contributed by atoms with van der Waals surface area (Å²) < 4.78 is 5.46. The second kappa shape index (κ2) is 9.43. The first-order valence-corrected chi connectivity index (χ1v) is 8.66. The summed E-state index contributed by atoms with van der Waals surface area (Å²) in [4.78, 5) is 13.9. The lowest BCUT2D eigenvalue weighted by Gasteiger charge is -2.26. The highest BCUT2D eigenvalue weighted by molar-refractivity contribution is 5.68. The van der Waals surface area contributed by atoms with Crippen molar-refractivity contribution in [3.63, 3.8) is 0 Å². The number of rotatable bonds is 8. The van der Waals surface area contributed by atoms with E-state index >= 15 is 0 Å². The highest BCUT2D eigenvalue weighted by Gasteiger charge is 2.21. The molecule has 0 aliphatic rings. The number of amides is 1. The lowest BCUT2D eigenvalue weighted by molar-refractivity contribution is 0.0244. The van der Waals surface area contributed by atoms with E-state index in [1.807, 2.05) is 39.8 Å². The normalized spacial score (nSPS) is 11.2. The zero-order chi connectivity index (χ0) is 17.3. The zero-order valence-corrected chi connectivity index (χ0v) is 15.3. The molecule has 0 bridgehead atoms. The smallest absolute Gasteiger partial charge is 0.410 e. The quantitative estimate of drug-likeness (QED) is 0.682. The number of benzene rings is 1. The van der Waals surface area contributed by atoms with Gasteiger partial charge in [0.2, 0.25) is 0 Å². The molecule has 0 aromatic heterocycles. The number of hydrogen-bond donors (Lipinski definition) is 1. The van der Waals surface area contributed by atoms with Crippen molar-refractivity contribution in [2.24, 2.45) is 0 Å². The molecule has 1 aromatic carbocycles. The predicted octanol–water partition coefficient (Wildman–Crippen LogP) is 5.05. The van der Waals surface area contributed by atoms with Crippen LogP contribution in [0, 0.1) is 0 Å². The Hall–Kier alpha value is -1.71. The largest absolute Gasteiger partial charge is 0.444 e. The van der Waals surface area contributed by atoms with Crippen LogP contribution in [0.3, 0.4) is 0 Å². The standard InChI is InChI=1S/C19H32N2O2/c1-6-8-9-13-20-17-12-10-11-16(14-17)15-21(7-2)18(22)23-19(3,4)5/h10-12,14,20H,6-9,13,15H2,1-5H3. The minimum Gasteiger partial charge on any atom is -0.444 e. The fourth-order valence-electron chi connectivity index (χ4n) is 2.24. The molecule has 1 amide bonds. The molecule has 1 aromatic rings. The molecule has 0 saturated carbocycles. The molecular weight excluding hydrogens is 288 g/mol. The van der Waals surface area contributed by atoms with Gasteiger partial charge in [-0.25, -0.2) is 4.79 Å². The molecule has 0 unspecified atom stereocenters. The summed E-state index contributed by atoms with van der Waals surface area (Å²) in [5.74, 6) is 0. The number of hydrogen-bond acceptors (Lipinski definition) is 3. The molecule has 0 saturated heterocycles. The summed E-state index contributed by atoms with van der Waals surface area (Å²) in [5.41, 5.74) is 1.75. The Morgan fingerprint density at radius 2 is 1.96 bits per heavy atom. The number of ether oxygens (including phenoxy) is 1. The van der Waals surface area contributed by atoms with Crippen LogP contribution < -0.4 is 5.32 Å². The fraction of sp³-hybridized carbons (Fsp3) is 0.632.